The Bertz CT molecular complexity index is 782. The van der Waals surface area contributed by atoms with Crippen molar-refractivity contribution >= 4 is 29.4 Å². The maximum absolute atomic E-state index is 13.3. The molecular formula is C20H26N4O5. The van der Waals surface area contributed by atoms with Crippen LogP contribution in [0.1, 0.15) is 19.8 Å². The zero-order valence-corrected chi connectivity index (χ0v) is 16.7. The number of carbonyl (C=O) groups excluding carboxylic acids is 3. The fourth-order valence-electron chi connectivity index (χ4n) is 3.52. The smallest absolute Gasteiger partial charge is 0.409 e. The predicted octanol–water partition coefficient (Wildman–Crippen LogP) is 1.49. The van der Waals surface area contributed by atoms with Crippen LogP contribution in [-0.2, 0) is 19.1 Å². The second-order valence-electron chi connectivity index (χ2n) is 6.80. The maximum atomic E-state index is 13.3. The molecule has 1 unspecified atom stereocenters. The summed E-state index contributed by atoms with van der Waals surface area (Å²) in [5.41, 5.74) is 0.969. The highest BCUT2D eigenvalue weighted by molar-refractivity contribution is 6.38. The fourth-order valence-corrected chi connectivity index (χ4v) is 3.52. The summed E-state index contributed by atoms with van der Waals surface area (Å²) in [5, 5.41) is 5.99. The molecule has 3 rings (SSSR count). The lowest BCUT2D eigenvalue weighted by Crippen LogP contribution is -2.47. The molecule has 2 aliphatic rings. The summed E-state index contributed by atoms with van der Waals surface area (Å²) < 4.78 is 9.86. The van der Waals surface area contributed by atoms with E-state index in [1.807, 2.05) is 30.3 Å². The highest BCUT2D eigenvalue weighted by Crippen LogP contribution is 2.26. The fraction of sp³-hybridized carbons (Fsp3) is 0.500. The number of hydrogen-bond acceptors (Lipinski definition) is 7. The van der Waals surface area contributed by atoms with E-state index in [0.717, 1.165) is 5.69 Å². The van der Waals surface area contributed by atoms with Crippen molar-refractivity contribution in [2.24, 2.45) is 5.10 Å². The van der Waals surface area contributed by atoms with Crippen LogP contribution in [0.15, 0.2) is 35.4 Å². The van der Waals surface area contributed by atoms with Crippen molar-refractivity contribution in [1.29, 1.82) is 0 Å². The van der Waals surface area contributed by atoms with Gasteiger partial charge < -0.3 is 19.3 Å². The van der Waals surface area contributed by atoms with Crippen LogP contribution in [0.3, 0.4) is 0 Å². The molecule has 2 heterocycles. The number of carbonyl (C=O) groups is 3. The standard InChI is InChI=1S/C20H26N4O5/c1-3-29-19(26)16-14-17(24(21-16)15-8-5-4-6-9-15)18(25)22-10-7-11-23(13-12-22)20(27)28-2/h4-6,8-9,17H,3,7,10-14H2,1-2H3. The molecule has 0 spiro atoms. The molecule has 9 heteroatoms. The molecule has 0 N–H and O–H groups in total. The third-order valence-electron chi connectivity index (χ3n) is 4.97. The zero-order valence-electron chi connectivity index (χ0n) is 16.7. The van der Waals surface area contributed by atoms with E-state index in [1.54, 1.807) is 21.7 Å². The Hall–Kier alpha value is -3.10. The molecule has 9 nitrogen and oxygen atoms in total. The topological polar surface area (TPSA) is 91.8 Å². The van der Waals surface area contributed by atoms with Crippen molar-refractivity contribution in [1.82, 2.24) is 9.80 Å². The summed E-state index contributed by atoms with van der Waals surface area (Å²) in [4.78, 5) is 40.7. The van der Waals surface area contributed by atoms with Gasteiger partial charge in [-0.2, -0.15) is 5.10 Å². The number of hydrogen-bond donors (Lipinski definition) is 0. The third kappa shape index (κ3) is 4.67. The highest BCUT2D eigenvalue weighted by Gasteiger charge is 2.39. The van der Waals surface area contributed by atoms with Gasteiger partial charge >= 0.3 is 12.1 Å². The van der Waals surface area contributed by atoms with E-state index in [4.69, 9.17) is 9.47 Å². The molecule has 1 atom stereocenters. The van der Waals surface area contributed by atoms with Crippen molar-refractivity contribution in [3.63, 3.8) is 0 Å². The van der Waals surface area contributed by atoms with Gasteiger partial charge in [0.2, 0.25) is 5.91 Å². The van der Waals surface area contributed by atoms with E-state index < -0.39 is 12.0 Å². The van der Waals surface area contributed by atoms with Crippen molar-refractivity contribution in [3.05, 3.63) is 30.3 Å². The molecule has 1 aromatic carbocycles. The summed E-state index contributed by atoms with van der Waals surface area (Å²) >= 11 is 0. The summed E-state index contributed by atoms with van der Waals surface area (Å²) in [6.07, 6.45) is 0.452. The number of anilines is 1. The van der Waals surface area contributed by atoms with Gasteiger partial charge in [-0.1, -0.05) is 18.2 Å². The number of para-hydroxylation sites is 1. The Morgan fingerprint density at radius 2 is 1.76 bits per heavy atom. The molecule has 0 bridgehead atoms. The van der Waals surface area contributed by atoms with Crippen LogP contribution in [0.25, 0.3) is 0 Å². The van der Waals surface area contributed by atoms with Gasteiger partial charge in [0.05, 0.1) is 19.4 Å². The number of methoxy groups -OCH3 is 1. The average molecular weight is 402 g/mol. The Labute approximate surface area is 169 Å². The first-order valence-corrected chi connectivity index (χ1v) is 9.75. The van der Waals surface area contributed by atoms with Gasteiger partial charge in [-0.3, -0.25) is 9.80 Å². The first-order chi connectivity index (χ1) is 14.0. The van der Waals surface area contributed by atoms with Crippen LogP contribution in [0, 0.1) is 0 Å². The van der Waals surface area contributed by atoms with E-state index in [-0.39, 0.29) is 30.7 Å². The average Bonchev–Trinajstić information content (AvgIpc) is 3.05. The Kier molecular flexibility index (Phi) is 6.69. The normalized spacial score (nSPS) is 19.4. The van der Waals surface area contributed by atoms with Gasteiger partial charge in [-0.25, -0.2) is 9.59 Å². The molecule has 1 fully saturated rings. The minimum Gasteiger partial charge on any atom is -0.461 e. The largest absolute Gasteiger partial charge is 0.461 e. The lowest BCUT2D eigenvalue weighted by atomic mass is 10.1. The Morgan fingerprint density at radius 3 is 2.45 bits per heavy atom. The van der Waals surface area contributed by atoms with E-state index in [0.29, 0.717) is 32.6 Å². The summed E-state index contributed by atoms with van der Waals surface area (Å²) in [5.74, 6) is -0.625. The second kappa shape index (κ2) is 9.40. The molecule has 0 saturated carbocycles. The van der Waals surface area contributed by atoms with E-state index in [2.05, 4.69) is 5.10 Å². The number of benzene rings is 1. The maximum Gasteiger partial charge on any atom is 0.409 e. The number of rotatable bonds is 4. The monoisotopic (exact) mass is 402 g/mol. The van der Waals surface area contributed by atoms with Crippen molar-refractivity contribution in [2.75, 3.05) is 44.9 Å². The van der Waals surface area contributed by atoms with Crippen molar-refractivity contribution in [3.8, 4) is 0 Å². The van der Waals surface area contributed by atoms with Crippen LogP contribution in [0.4, 0.5) is 10.5 Å². The molecule has 1 aromatic rings. The van der Waals surface area contributed by atoms with Crippen LogP contribution in [0.2, 0.25) is 0 Å². The van der Waals surface area contributed by atoms with E-state index in [1.165, 1.54) is 7.11 Å². The first kappa shape index (κ1) is 20.6. The van der Waals surface area contributed by atoms with Gasteiger partial charge in [0.1, 0.15) is 11.8 Å². The molecule has 0 aromatic heterocycles. The van der Waals surface area contributed by atoms with E-state index in [9.17, 15) is 14.4 Å². The highest BCUT2D eigenvalue weighted by atomic mass is 16.5. The number of ether oxygens (including phenoxy) is 2. The molecule has 2 amide bonds. The van der Waals surface area contributed by atoms with Gasteiger partial charge in [-0.15, -0.1) is 0 Å². The molecular weight excluding hydrogens is 376 g/mol. The van der Waals surface area contributed by atoms with Crippen molar-refractivity contribution in [2.45, 2.75) is 25.8 Å². The summed E-state index contributed by atoms with van der Waals surface area (Å²) in [7, 11) is 1.35. The van der Waals surface area contributed by atoms with Gasteiger partial charge in [0.15, 0.2) is 0 Å². The van der Waals surface area contributed by atoms with Crippen LogP contribution in [-0.4, -0.2) is 79.4 Å². The van der Waals surface area contributed by atoms with Crippen LogP contribution < -0.4 is 5.01 Å². The quantitative estimate of drug-likeness (QED) is 0.709. The molecule has 156 valence electrons. The third-order valence-corrected chi connectivity index (χ3v) is 4.97. The second-order valence-corrected chi connectivity index (χ2v) is 6.80. The minimum absolute atomic E-state index is 0.122. The lowest BCUT2D eigenvalue weighted by molar-refractivity contribution is -0.135. The lowest BCUT2D eigenvalue weighted by Gasteiger charge is -2.29. The predicted molar refractivity (Wildman–Crippen MR) is 107 cm³/mol. The molecule has 1 saturated heterocycles. The Balaban J connectivity index is 1.77. The summed E-state index contributed by atoms with van der Waals surface area (Å²) in [6.45, 7) is 3.85. The van der Waals surface area contributed by atoms with Gasteiger partial charge in [0.25, 0.3) is 0 Å². The number of nitrogens with zero attached hydrogens (tertiary/aromatic N) is 4. The molecule has 0 aliphatic carbocycles. The number of amides is 2. The van der Waals surface area contributed by atoms with Gasteiger partial charge in [0, 0.05) is 32.6 Å². The molecule has 2 aliphatic heterocycles. The van der Waals surface area contributed by atoms with Crippen LogP contribution >= 0.6 is 0 Å². The zero-order chi connectivity index (χ0) is 20.8. The SMILES string of the molecule is CCOC(=O)C1=NN(c2ccccc2)C(C(=O)N2CCCN(C(=O)OC)CC2)C1. The number of esters is 1. The Morgan fingerprint density at radius 1 is 1.07 bits per heavy atom. The van der Waals surface area contributed by atoms with Crippen LogP contribution in [0.5, 0.6) is 0 Å². The molecule has 0 radical (unpaired) electrons. The first-order valence-electron chi connectivity index (χ1n) is 9.75. The number of hydrazone groups is 1. The van der Waals surface area contributed by atoms with Gasteiger partial charge in [-0.05, 0) is 25.5 Å². The molecule has 29 heavy (non-hydrogen) atoms. The minimum atomic E-state index is -0.624. The van der Waals surface area contributed by atoms with E-state index >= 15 is 0 Å². The summed E-state index contributed by atoms with van der Waals surface area (Å²) in [6, 6.07) is 8.66. The van der Waals surface area contributed by atoms with Crippen molar-refractivity contribution < 1.29 is 23.9 Å².